The highest BCUT2D eigenvalue weighted by Crippen LogP contribution is 2.47. The summed E-state index contributed by atoms with van der Waals surface area (Å²) in [5.41, 5.74) is -2.73. The van der Waals surface area contributed by atoms with Gasteiger partial charge in [0.1, 0.15) is 16.5 Å². The summed E-state index contributed by atoms with van der Waals surface area (Å²) in [6, 6.07) is 4.53. The van der Waals surface area contributed by atoms with Crippen molar-refractivity contribution in [3.63, 3.8) is 0 Å². The van der Waals surface area contributed by atoms with Gasteiger partial charge in [-0.15, -0.1) is 0 Å². The van der Waals surface area contributed by atoms with E-state index in [0.29, 0.717) is 5.52 Å². The number of hydrogen-bond donors (Lipinski definition) is 1. The van der Waals surface area contributed by atoms with E-state index in [9.17, 15) is 22.8 Å². The predicted molar refractivity (Wildman–Crippen MR) is 110 cm³/mol. The average Bonchev–Trinajstić information content (AvgIpc) is 2.71. The largest absolute Gasteiger partial charge is 0.481 e. The number of fused-ring (bicyclic) bond motifs is 1. The number of piperidine rings is 1. The van der Waals surface area contributed by atoms with Crippen molar-refractivity contribution in [2.24, 2.45) is 5.41 Å². The summed E-state index contributed by atoms with van der Waals surface area (Å²) < 4.78 is 52.7. The first-order valence-electron chi connectivity index (χ1n) is 10.0. The quantitative estimate of drug-likeness (QED) is 0.749. The fourth-order valence-corrected chi connectivity index (χ4v) is 3.50. The standard InChI is InChI=1S/C21H25F3N4O4/c1-19(2,3)32-18(30)28-11-8-20(9-12-28,21(22,23)24)17(29)26-14-7-10-25-13-5-6-15(31-4)27-16(13)14/h5-7,10H,8-9,11-12H2,1-4H3,(H,25,26,29). The molecule has 2 aromatic rings. The highest BCUT2D eigenvalue weighted by Gasteiger charge is 2.61. The first kappa shape index (κ1) is 23.6. The van der Waals surface area contributed by atoms with Crippen LogP contribution in [-0.2, 0) is 9.53 Å². The van der Waals surface area contributed by atoms with Crippen molar-refractivity contribution in [1.82, 2.24) is 14.9 Å². The Hall–Kier alpha value is -3.11. The topological polar surface area (TPSA) is 93.7 Å². The lowest BCUT2D eigenvalue weighted by Crippen LogP contribution is -2.55. The van der Waals surface area contributed by atoms with Gasteiger partial charge >= 0.3 is 12.3 Å². The van der Waals surface area contributed by atoms with Gasteiger partial charge in [-0.2, -0.15) is 13.2 Å². The second-order valence-electron chi connectivity index (χ2n) is 8.58. The van der Waals surface area contributed by atoms with E-state index in [1.165, 1.54) is 24.3 Å². The summed E-state index contributed by atoms with van der Waals surface area (Å²) in [6.07, 6.45) is -5.31. The maximum Gasteiger partial charge on any atom is 0.410 e. The molecule has 2 aromatic heterocycles. The molecule has 2 amide bonds. The third kappa shape index (κ3) is 4.71. The number of carbonyl (C=O) groups excluding carboxylic acids is 2. The molecule has 1 aliphatic rings. The molecule has 3 heterocycles. The van der Waals surface area contributed by atoms with E-state index in [2.05, 4.69) is 15.3 Å². The molecule has 0 spiro atoms. The van der Waals surface area contributed by atoms with Gasteiger partial charge in [-0.3, -0.25) is 9.78 Å². The molecular formula is C21H25F3N4O4. The molecule has 1 N–H and O–H groups in total. The number of hydrogen-bond acceptors (Lipinski definition) is 6. The summed E-state index contributed by atoms with van der Waals surface area (Å²) in [5.74, 6) is -0.969. The van der Waals surface area contributed by atoms with Gasteiger partial charge in [0.2, 0.25) is 11.8 Å². The maximum absolute atomic E-state index is 14.1. The predicted octanol–water partition coefficient (Wildman–Crippen LogP) is 4.16. The number of halogens is 3. The smallest absolute Gasteiger partial charge is 0.410 e. The van der Waals surface area contributed by atoms with Crippen molar-refractivity contribution in [3.8, 4) is 5.88 Å². The number of nitrogens with one attached hydrogen (secondary N) is 1. The number of nitrogens with zero attached hydrogens (tertiary/aromatic N) is 3. The van der Waals surface area contributed by atoms with E-state index in [1.807, 2.05) is 0 Å². The minimum atomic E-state index is -4.81. The minimum absolute atomic E-state index is 0.0945. The minimum Gasteiger partial charge on any atom is -0.481 e. The lowest BCUT2D eigenvalue weighted by molar-refractivity contribution is -0.229. The Balaban J connectivity index is 1.85. The molecule has 1 aliphatic heterocycles. The fraction of sp³-hybridized carbons (Fsp3) is 0.524. The highest BCUT2D eigenvalue weighted by atomic mass is 19.4. The normalized spacial score (nSPS) is 16.5. The van der Waals surface area contributed by atoms with Gasteiger partial charge in [0.15, 0.2) is 0 Å². The van der Waals surface area contributed by atoms with Crippen molar-refractivity contribution in [2.75, 3.05) is 25.5 Å². The lowest BCUT2D eigenvalue weighted by Gasteiger charge is -2.41. The first-order valence-corrected chi connectivity index (χ1v) is 10.0. The highest BCUT2D eigenvalue weighted by molar-refractivity contribution is 6.02. The number of alkyl halides is 3. The molecule has 0 saturated carbocycles. The van der Waals surface area contributed by atoms with Gasteiger partial charge in [0.05, 0.1) is 18.3 Å². The molecule has 0 aromatic carbocycles. The molecule has 8 nitrogen and oxygen atoms in total. The second kappa shape index (κ2) is 8.44. The Morgan fingerprint density at radius 2 is 1.78 bits per heavy atom. The molecule has 0 aliphatic carbocycles. The molecule has 3 rings (SSSR count). The molecule has 32 heavy (non-hydrogen) atoms. The number of likely N-dealkylation sites (tertiary alicyclic amines) is 1. The molecule has 0 radical (unpaired) electrons. The summed E-state index contributed by atoms with van der Waals surface area (Å²) in [6.45, 7) is 4.50. The van der Waals surface area contributed by atoms with E-state index in [-0.39, 0.29) is 30.2 Å². The number of carbonyl (C=O) groups is 2. The molecule has 11 heteroatoms. The van der Waals surface area contributed by atoms with Gasteiger partial charge in [0, 0.05) is 25.4 Å². The van der Waals surface area contributed by atoms with Crippen LogP contribution in [0, 0.1) is 5.41 Å². The van der Waals surface area contributed by atoms with Gasteiger partial charge in [0.25, 0.3) is 0 Å². The van der Waals surface area contributed by atoms with Gasteiger partial charge in [-0.25, -0.2) is 9.78 Å². The summed E-state index contributed by atoms with van der Waals surface area (Å²) >= 11 is 0. The number of amides is 2. The van der Waals surface area contributed by atoms with Crippen molar-refractivity contribution in [3.05, 3.63) is 24.4 Å². The zero-order valence-electron chi connectivity index (χ0n) is 18.2. The van der Waals surface area contributed by atoms with E-state index >= 15 is 0 Å². The van der Waals surface area contributed by atoms with Crippen LogP contribution in [0.2, 0.25) is 0 Å². The van der Waals surface area contributed by atoms with E-state index in [0.717, 1.165) is 0 Å². The Morgan fingerprint density at radius 3 is 2.34 bits per heavy atom. The maximum atomic E-state index is 14.1. The number of ether oxygens (including phenoxy) is 2. The number of aromatic nitrogens is 2. The number of methoxy groups -OCH3 is 1. The zero-order chi connectivity index (χ0) is 23.7. The third-order valence-corrected chi connectivity index (χ3v) is 5.26. The van der Waals surface area contributed by atoms with Crippen LogP contribution in [-0.4, -0.2) is 58.8 Å². The van der Waals surface area contributed by atoms with E-state index in [1.54, 1.807) is 32.9 Å². The van der Waals surface area contributed by atoms with Gasteiger partial charge in [-0.1, -0.05) is 0 Å². The monoisotopic (exact) mass is 454 g/mol. The van der Waals surface area contributed by atoms with Crippen molar-refractivity contribution in [2.45, 2.75) is 45.4 Å². The summed E-state index contributed by atoms with van der Waals surface area (Å²) in [5, 5.41) is 2.38. The van der Waals surface area contributed by atoms with E-state index in [4.69, 9.17) is 9.47 Å². The summed E-state index contributed by atoms with van der Waals surface area (Å²) in [4.78, 5) is 34.7. The van der Waals surface area contributed by atoms with Crippen molar-refractivity contribution in [1.29, 1.82) is 0 Å². The Kier molecular flexibility index (Phi) is 6.21. The van der Waals surface area contributed by atoms with Crippen LogP contribution in [0.3, 0.4) is 0 Å². The summed E-state index contributed by atoms with van der Waals surface area (Å²) in [7, 11) is 1.40. The Morgan fingerprint density at radius 1 is 1.12 bits per heavy atom. The molecule has 1 saturated heterocycles. The van der Waals surface area contributed by atoms with Crippen LogP contribution in [0.1, 0.15) is 33.6 Å². The number of anilines is 1. The second-order valence-corrected chi connectivity index (χ2v) is 8.58. The molecule has 0 atom stereocenters. The van der Waals surface area contributed by atoms with Crippen LogP contribution in [0.25, 0.3) is 11.0 Å². The van der Waals surface area contributed by atoms with E-state index < -0.39 is 42.0 Å². The molecular weight excluding hydrogens is 429 g/mol. The number of rotatable bonds is 3. The zero-order valence-corrected chi connectivity index (χ0v) is 18.2. The molecule has 174 valence electrons. The van der Waals surface area contributed by atoms with Crippen molar-refractivity contribution < 1.29 is 32.2 Å². The lowest BCUT2D eigenvalue weighted by atomic mass is 9.76. The van der Waals surface area contributed by atoms with Crippen LogP contribution in [0.4, 0.5) is 23.7 Å². The van der Waals surface area contributed by atoms with Gasteiger partial charge < -0.3 is 19.7 Å². The van der Waals surface area contributed by atoms with Crippen molar-refractivity contribution >= 4 is 28.7 Å². The molecule has 0 unspecified atom stereocenters. The van der Waals surface area contributed by atoms with Crippen LogP contribution >= 0.6 is 0 Å². The molecule has 0 bridgehead atoms. The SMILES string of the molecule is COc1ccc2nccc(NC(=O)C3(C(F)(F)F)CCN(C(=O)OC(C)(C)C)CC3)c2n1. The molecule has 1 fully saturated rings. The Labute approximate surface area is 183 Å². The fourth-order valence-electron chi connectivity index (χ4n) is 3.50. The number of pyridine rings is 2. The third-order valence-electron chi connectivity index (χ3n) is 5.26. The average molecular weight is 454 g/mol. The van der Waals surface area contributed by atoms with Gasteiger partial charge in [-0.05, 0) is 45.7 Å². The van der Waals surface area contributed by atoms with Crippen LogP contribution in [0.5, 0.6) is 5.88 Å². The Bertz CT molecular complexity index is 1010. The van der Waals surface area contributed by atoms with Crippen LogP contribution in [0.15, 0.2) is 24.4 Å². The van der Waals surface area contributed by atoms with Crippen LogP contribution < -0.4 is 10.1 Å². The first-order chi connectivity index (χ1) is 14.9.